The van der Waals surface area contributed by atoms with E-state index in [9.17, 15) is 4.79 Å². The number of rotatable bonds is 4. The molecule has 1 N–H and O–H groups in total. The Morgan fingerprint density at radius 3 is 2.77 bits per heavy atom. The van der Waals surface area contributed by atoms with Crippen LogP contribution in [0.1, 0.15) is 32.8 Å². The van der Waals surface area contributed by atoms with E-state index in [1.807, 2.05) is 57.3 Å². The highest BCUT2D eigenvalue weighted by Crippen LogP contribution is 2.22. The molecular formula is C18H21N3O. The predicted octanol–water partition coefficient (Wildman–Crippen LogP) is 3.48. The second kappa shape index (κ2) is 6.48. The van der Waals surface area contributed by atoms with Gasteiger partial charge in [-0.25, -0.2) is 0 Å². The number of nitrogens with one attached hydrogen (secondary N) is 1. The Kier molecular flexibility index (Phi) is 4.67. The molecule has 1 amide bonds. The second-order valence-corrected chi connectivity index (χ2v) is 6.28. The summed E-state index contributed by atoms with van der Waals surface area (Å²) in [7, 11) is 0. The zero-order chi connectivity index (χ0) is 16.2. The first kappa shape index (κ1) is 15.8. The Bertz CT molecular complexity index is 742. The lowest BCUT2D eigenvalue weighted by molar-refractivity contribution is -0.117. The number of fused-ring (bicyclic) bond motifs is 1. The molecule has 0 aliphatic rings. The molecular weight excluding hydrogens is 274 g/mol. The first-order chi connectivity index (χ1) is 10.4. The van der Waals surface area contributed by atoms with E-state index in [4.69, 9.17) is 5.26 Å². The molecule has 4 heteroatoms. The highest BCUT2D eigenvalue weighted by Gasteiger charge is 2.11. The van der Waals surface area contributed by atoms with Crippen molar-refractivity contribution in [2.24, 2.45) is 0 Å². The Morgan fingerprint density at radius 1 is 1.36 bits per heavy atom. The quantitative estimate of drug-likeness (QED) is 0.878. The van der Waals surface area contributed by atoms with Gasteiger partial charge in [-0.2, -0.15) is 5.26 Å². The minimum atomic E-state index is -0.248. The number of para-hydroxylation sites is 1. The van der Waals surface area contributed by atoms with Crippen LogP contribution in [0.4, 0.5) is 0 Å². The van der Waals surface area contributed by atoms with Gasteiger partial charge in [0.1, 0.15) is 0 Å². The Hall–Kier alpha value is -2.54. The molecule has 1 aromatic heterocycles. The van der Waals surface area contributed by atoms with Crippen molar-refractivity contribution in [2.45, 2.75) is 39.3 Å². The Morgan fingerprint density at radius 2 is 2.09 bits per heavy atom. The summed E-state index contributed by atoms with van der Waals surface area (Å²) in [6.45, 7) is 6.50. The van der Waals surface area contributed by atoms with Gasteiger partial charge in [-0.05, 0) is 32.9 Å². The third-order valence-electron chi connectivity index (χ3n) is 3.20. The van der Waals surface area contributed by atoms with Gasteiger partial charge >= 0.3 is 0 Å². The Balaban J connectivity index is 2.28. The average Bonchev–Trinajstić information content (AvgIpc) is 2.79. The number of nitriles is 1. The van der Waals surface area contributed by atoms with Crippen molar-refractivity contribution in [3.05, 3.63) is 42.1 Å². The minimum absolute atomic E-state index is 0.110. The maximum atomic E-state index is 11.9. The molecule has 0 atom stereocenters. The van der Waals surface area contributed by atoms with Gasteiger partial charge in [0, 0.05) is 40.8 Å². The molecule has 0 bridgehead atoms. The van der Waals surface area contributed by atoms with E-state index in [-0.39, 0.29) is 11.4 Å². The molecule has 0 radical (unpaired) electrons. The summed E-state index contributed by atoms with van der Waals surface area (Å²) in [6, 6.07) is 10.2. The number of carbonyl (C=O) groups excluding carboxylic acids is 1. The predicted molar refractivity (Wildman–Crippen MR) is 89.1 cm³/mol. The average molecular weight is 295 g/mol. The first-order valence-electron chi connectivity index (χ1n) is 7.36. The van der Waals surface area contributed by atoms with Crippen LogP contribution in [0.3, 0.4) is 0 Å². The highest BCUT2D eigenvalue weighted by atomic mass is 16.1. The summed E-state index contributed by atoms with van der Waals surface area (Å²) in [5, 5.41) is 12.7. The summed E-state index contributed by atoms with van der Waals surface area (Å²) in [5.41, 5.74) is 1.81. The molecule has 0 spiro atoms. The largest absolute Gasteiger partial charge is 0.348 e. The van der Waals surface area contributed by atoms with Gasteiger partial charge in [0.15, 0.2) is 0 Å². The molecule has 0 aliphatic heterocycles. The molecule has 2 rings (SSSR count). The number of aryl methyl sites for hydroxylation is 1. The molecule has 1 heterocycles. The van der Waals surface area contributed by atoms with E-state index in [0.29, 0.717) is 13.0 Å². The number of nitrogens with zero attached hydrogens (tertiary/aromatic N) is 2. The highest BCUT2D eigenvalue weighted by molar-refractivity contribution is 5.96. The van der Waals surface area contributed by atoms with Crippen molar-refractivity contribution in [1.82, 2.24) is 9.88 Å². The van der Waals surface area contributed by atoms with Crippen molar-refractivity contribution in [2.75, 3.05) is 0 Å². The molecule has 2 aromatic rings. The monoisotopic (exact) mass is 295 g/mol. The lowest BCUT2D eigenvalue weighted by atomic mass is 10.1. The standard InChI is InChI=1S/C18H21N3O/c1-18(2,3)20-17(22)10-9-14-13-21(12-6-11-19)16-8-5-4-7-15(14)16/h4-5,7-10,13H,6,12H2,1-3H3,(H,20,22)/b10-9+. The van der Waals surface area contributed by atoms with Gasteiger partial charge < -0.3 is 9.88 Å². The minimum Gasteiger partial charge on any atom is -0.348 e. The summed E-state index contributed by atoms with van der Waals surface area (Å²) < 4.78 is 2.06. The van der Waals surface area contributed by atoms with E-state index in [1.165, 1.54) is 0 Å². The summed E-state index contributed by atoms with van der Waals surface area (Å²) in [5.74, 6) is -0.110. The molecule has 0 aliphatic carbocycles. The molecule has 0 fully saturated rings. The van der Waals surface area contributed by atoms with E-state index in [0.717, 1.165) is 16.5 Å². The van der Waals surface area contributed by atoms with Crippen molar-refractivity contribution in [3.8, 4) is 6.07 Å². The number of hydrogen-bond donors (Lipinski definition) is 1. The number of hydrogen-bond acceptors (Lipinski definition) is 2. The van der Waals surface area contributed by atoms with E-state index in [2.05, 4.69) is 16.0 Å². The molecule has 114 valence electrons. The normalized spacial score (nSPS) is 11.7. The van der Waals surface area contributed by atoms with E-state index in [1.54, 1.807) is 6.08 Å². The molecule has 4 nitrogen and oxygen atoms in total. The fourth-order valence-electron chi connectivity index (χ4n) is 2.34. The van der Waals surface area contributed by atoms with Crippen molar-refractivity contribution >= 4 is 22.9 Å². The first-order valence-corrected chi connectivity index (χ1v) is 7.36. The van der Waals surface area contributed by atoms with Crippen LogP contribution in [0.15, 0.2) is 36.5 Å². The van der Waals surface area contributed by atoms with Crippen molar-refractivity contribution in [3.63, 3.8) is 0 Å². The maximum Gasteiger partial charge on any atom is 0.244 e. The van der Waals surface area contributed by atoms with Crippen LogP contribution in [0, 0.1) is 11.3 Å². The van der Waals surface area contributed by atoms with Crippen molar-refractivity contribution < 1.29 is 4.79 Å². The molecule has 1 aromatic carbocycles. The molecule has 0 saturated heterocycles. The van der Waals surface area contributed by atoms with Crippen LogP contribution in [0.25, 0.3) is 17.0 Å². The van der Waals surface area contributed by atoms with Gasteiger partial charge in [0.05, 0.1) is 12.5 Å². The van der Waals surface area contributed by atoms with E-state index >= 15 is 0 Å². The molecule has 0 saturated carbocycles. The summed E-state index contributed by atoms with van der Waals surface area (Å²) >= 11 is 0. The topological polar surface area (TPSA) is 57.8 Å². The lowest BCUT2D eigenvalue weighted by Gasteiger charge is -2.18. The number of aromatic nitrogens is 1. The fraction of sp³-hybridized carbons (Fsp3) is 0.333. The van der Waals surface area contributed by atoms with Gasteiger partial charge in [0.25, 0.3) is 0 Å². The van der Waals surface area contributed by atoms with Crippen LogP contribution in [-0.4, -0.2) is 16.0 Å². The number of amides is 1. The lowest BCUT2D eigenvalue weighted by Crippen LogP contribution is -2.39. The summed E-state index contributed by atoms with van der Waals surface area (Å²) in [4.78, 5) is 11.9. The fourth-order valence-corrected chi connectivity index (χ4v) is 2.34. The van der Waals surface area contributed by atoms with Gasteiger partial charge in [-0.3, -0.25) is 4.79 Å². The zero-order valence-corrected chi connectivity index (χ0v) is 13.3. The van der Waals surface area contributed by atoms with Gasteiger partial charge in [-0.15, -0.1) is 0 Å². The maximum absolute atomic E-state index is 11.9. The van der Waals surface area contributed by atoms with Gasteiger partial charge in [0.2, 0.25) is 5.91 Å². The number of benzene rings is 1. The second-order valence-electron chi connectivity index (χ2n) is 6.28. The van der Waals surface area contributed by atoms with Crippen LogP contribution >= 0.6 is 0 Å². The molecule has 22 heavy (non-hydrogen) atoms. The van der Waals surface area contributed by atoms with Crippen LogP contribution in [-0.2, 0) is 11.3 Å². The third kappa shape index (κ3) is 3.98. The van der Waals surface area contributed by atoms with Crippen LogP contribution in [0.5, 0.6) is 0 Å². The molecule has 0 unspecified atom stereocenters. The van der Waals surface area contributed by atoms with Gasteiger partial charge in [-0.1, -0.05) is 18.2 Å². The van der Waals surface area contributed by atoms with Crippen LogP contribution < -0.4 is 5.32 Å². The third-order valence-corrected chi connectivity index (χ3v) is 3.20. The Labute approximate surface area is 131 Å². The van der Waals surface area contributed by atoms with Crippen molar-refractivity contribution in [1.29, 1.82) is 5.26 Å². The van der Waals surface area contributed by atoms with Crippen LogP contribution in [0.2, 0.25) is 0 Å². The number of carbonyl (C=O) groups is 1. The smallest absolute Gasteiger partial charge is 0.244 e. The zero-order valence-electron chi connectivity index (χ0n) is 13.3. The SMILES string of the molecule is CC(C)(C)NC(=O)/C=C/c1cn(CCC#N)c2ccccc12. The summed E-state index contributed by atoms with van der Waals surface area (Å²) in [6.07, 6.45) is 5.84. The van der Waals surface area contributed by atoms with E-state index < -0.39 is 0 Å².